The Hall–Kier alpha value is -1.57. The highest BCUT2D eigenvalue weighted by molar-refractivity contribution is 7.48. The minimum atomic E-state index is -0.507. The molecule has 2 aromatic carbocycles. The van der Waals surface area contributed by atoms with E-state index < -0.39 is 6.10 Å². The van der Waals surface area contributed by atoms with Crippen molar-refractivity contribution in [2.24, 2.45) is 0 Å². The van der Waals surface area contributed by atoms with Gasteiger partial charge in [-0.3, -0.25) is 0 Å². The van der Waals surface area contributed by atoms with Crippen molar-refractivity contribution in [2.45, 2.75) is 58.2 Å². The molecule has 0 saturated heterocycles. The Balaban J connectivity index is 2.59. The number of benzene rings is 2. The first-order chi connectivity index (χ1) is 12.4. The van der Waals surface area contributed by atoms with Crippen LogP contribution in [0.1, 0.15) is 62.8 Å². The van der Waals surface area contributed by atoms with Gasteiger partial charge in [0.05, 0.1) is 13.2 Å². The summed E-state index contributed by atoms with van der Waals surface area (Å²) in [7, 11) is 2.11. The molecule has 0 spiro atoms. The molecule has 0 fully saturated rings. The second-order valence-corrected chi connectivity index (χ2v) is 8.71. The third kappa shape index (κ3) is 4.39. The van der Waals surface area contributed by atoms with Gasteiger partial charge >= 0.3 is 0 Å². The second kappa shape index (κ2) is 8.88. The minimum Gasteiger partial charge on any atom is -0.508 e. The lowest BCUT2D eigenvalue weighted by Gasteiger charge is -2.35. The van der Waals surface area contributed by atoms with Crippen LogP contribution in [0, 0.1) is 6.92 Å². The fourth-order valence-corrected chi connectivity index (χ4v) is 5.57. The number of hydrogen-bond acceptors (Lipinski definition) is 3. The van der Waals surface area contributed by atoms with Crippen molar-refractivity contribution in [2.75, 3.05) is 7.11 Å². The van der Waals surface area contributed by atoms with Crippen molar-refractivity contribution < 1.29 is 14.9 Å². The average Bonchev–Trinajstić information content (AvgIpc) is 2.63. The number of ether oxygens (including phenoxy) is 1. The van der Waals surface area contributed by atoms with Crippen LogP contribution in [0.4, 0.5) is 0 Å². The Bertz CT molecular complexity index is 742. The largest absolute Gasteiger partial charge is 0.508 e. The molecule has 0 amide bonds. The van der Waals surface area contributed by atoms with Gasteiger partial charge < -0.3 is 14.9 Å². The smallest absolute Gasteiger partial charge is 0.119 e. The van der Waals surface area contributed by atoms with Gasteiger partial charge in [0.2, 0.25) is 0 Å². The highest BCUT2D eigenvalue weighted by Gasteiger charge is 2.34. The fourth-order valence-electron chi connectivity index (χ4n) is 3.57. The fraction of sp³-hybridized carbons (Fsp3) is 0.455. The van der Waals surface area contributed by atoms with Crippen LogP contribution in [0.25, 0.3) is 0 Å². The lowest BCUT2D eigenvalue weighted by atomic mass is 9.90. The first kappa shape index (κ1) is 20.7. The number of aliphatic hydroxyl groups excluding tert-OH is 1. The zero-order valence-corrected chi connectivity index (χ0v) is 17.5. The van der Waals surface area contributed by atoms with E-state index in [1.54, 1.807) is 19.2 Å². The predicted octanol–water partition coefficient (Wildman–Crippen LogP) is 5.17. The normalized spacial score (nSPS) is 15.2. The van der Waals surface area contributed by atoms with Crippen molar-refractivity contribution in [3.05, 3.63) is 53.1 Å². The molecule has 2 aromatic rings. The van der Waals surface area contributed by atoms with E-state index in [4.69, 9.17) is 4.74 Å². The molecule has 3 atom stereocenters. The van der Waals surface area contributed by atoms with Crippen LogP contribution in [0.15, 0.2) is 36.4 Å². The monoisotopic (exact) mass is 374 g/mol. The van der Waals surface area contributed by atoms with Crippen LogP contribution >= 0.6 is 8.58 Å². The molecule has 3 unspecified atom stereocenters. The summed E-state index contributed by atoms with van der Waals surface area (Å²) in [5.74, 6) is 1.08. The quantitative estimate of drug-likeness (QED) is 0.627. The van der Waals surface area contributed by atoms with Crippen molar-refractivity contribution in [1.29, 1.82) is 0 Å². The standard InChI is InChI=1S/C22H31O3P/c1-6-12-22(7-2,19-14-17(25-5)9-10-20(19)24)26-21-11-8-15(3)13-18(21)16(4)23/h8-11,13-14,16,23-24,26H,6-7,12H2,1-5H3. The summed E-state index contributed by atoms with van der Waals surface area (Å²) >= 11 is 0. The van der Waals surface area contributed by atoms with E-state index in [9.17, 15) is 10.2 Å². The van der Waals surface area contributed by atoms with Crippen LogP contribution in [0.2, 0.25) is 0 Å². The van der Waals surface area contributed by atoms with E-state index in [0.717, 1.165) is 41.7 Å². The zero-order chi connectivity index (χ0) is 19.3. The lowest BCUT2D eigenvalue weighted by molar-refractivity contribution is 0.200. The molecule has 2 rings (SSSR count). The Morgan fingerprint density at radius 1 is 1.15 bits per heavy atom. The summed E-state index contributed by atoms with van der Waals surface area (Å²) in [6.45, 7) is 8.22. The van der Waals surface area contributed by atoms with Crippen LogP contribution in [0.5, 0.6) is 11.5 Å². The maximum Gasteiger partial charge on any atom is 0.119 e. The number of rotatable bonds is 8. The molecule has 0 aromatic heterocycles. The topological polar surface area (TPSA) is 49.7 Å². The highest BCUT2D eigenvalue weighted by Crippen LogP contribution is 2.51. The molecule has 0 aliphatic heterocycles. The number of aromatic hydroxyl groups is 1. The van der Waals surface area contributed by atoms with Gasteiger partial charge in [0.15, 0.2) is 0 Å². The van der Waals surface area contributed by atoms with E-state index in [2.05, 4.69) is 32.0 Å². The molecule has 0 aliphatic rings. The summed E-state index contributed by atoms with van der Waals surface area (Å²) in [6.07, 6.45) is 2.39. The third-order valence-electron chi connectivity index (χ3n) is 5.03. The van der Waals surface area contributed by atoms with Crippen LogP contribution in [0.3, 0.4) is 0 Å². The van der Waals surface area contributed by atoms with Gasteiger partial charge in [0.25, 0.3) is 0 Å². The van der Waals surface area contributed by atoms with E-state index in [-0.39, 0.29) is 5.16 Å². The number of methoxy groups -OCH3 is 1. The van der Waals surface area contributed by atoms with Crippen LogP contribution in [-0.2, 0) is 5.16 Å². The van der Waals surface area contributed by atoms with Gasteiger partial charge in [-0.1, -0.05) is 52.6 Å². The summed E-state index contributed by atoms with van der Waals surface area (Å²) in [4.78, 5) is 0. The first-order valence-electron chi connectivity index (χ1n) is 9.31. The predicted molar refractivity (Wildman–Crippen MR) is 111 cm³/mol. The molecule has 3 nitrogen and oxygen atoms in total. The maximum absolute atomic E-state index is 10.6. The number of phenols is 1. The third-order valence-corrected chi connectivity index (χ3v) is 7.11. The minimum absolute atomic E-state index is 0.174. The average molecular weight is 374 g/mol. The van der Waals surface area contributed by atoms with Crippen LogP contribution in [-0.4, -0.2) is 17.3 Å². The van der Waals surface area contributed by atoms with Gasteiger partial charge in [-0.15, -0.1) is 0 Å². The van der Waals surface area contributed by atoms with Crippen molar-refractivity contribution >= 4 is 13.9 Å². The maximum atomic E-state index is 10.6. The van der Waals surface area contributed by atoms with Crippen LogP contribution < -0.4 is 10.0 Å². The molecule has 142 valence electrons. The van der Waals surface area contributed by atoms with Gasteiger partial charge in [0, 0.05) is 10.7 Å². The molecule has 0 aliphatic carbocycles. The van der Waals surface area contributed by atoms with Gasteiger partial charge in [-0.2, -0.15) is 0 Å². The van der Waals surface area contributed by atoms with Crippen molar-refractivity contribution in [3.63, 3.8) is 0 Å². The summed E-state index contributed by atoms with van der Waals surface area (Å²) in [6, 6.07) is 11.8. The first-order valence-corrected chi connectivity index (χ1v) is 10.3. The van der Waals surface area contributed by atoms with Gasteiger partial charge in [0.1, 0.15) is 11.5 Å². The van der Waals surface area contributed by atoms with E-state index in [0.29, 0.717) is 14.3 Å². The van der Waals surface area contributed by atoms with Crippen molar-refractivity contribution in [3.8, 4) is 11.5 Å². The Morgan fingerprint density at radius 3 is 2.46 bits per heavy atom. The Kier molecular flexibility index (Phi) is 7.08. The number of aliphatic hydroxyl groups is 1. The molecule has 0 bridgehead atoms. The van der Waals surface area contributed by atoms with E-state index in [1.165, 1.54) is 5.30 Å². The van der Waals surface area contributed by atoms with Gasteiger partial charge in [-0.25, -0.2) is 0 Å². The number of hydrogen-bond donors (Lipinski definition) is 2. The Labute approximate surface area is 159 Å². The number of aryl methyl sites for hydroxylation is 1. The SMILES string of the molecule is CCCC(CC)(Pc1ccc(C)cc1C(C)O)c1cc(OC)ccc1O. The Morgan fingerprint density at radius 2 is 1.88 bits per heavy atom. The molecule has 0 saturated carbocycles. The molecular weight excluding hydrogens is 343 g/mol. The van der Waals surface area contributed by atoms with Crippen molar-refractivity contribution in [1.82, 2.24) is 0 Å². The molecule has 2 N–H and O–H groups in total. The molecular formula is C22H31O3P. The van der Waals surface area contributed by atoms with E-state index in [1.807, 2.05) is 19.9 Å². The lowest BCUT2D eigenvalue weighted by Crippen LogP contribution is -2.24. The molecule has 0 radical (unpaired) electrons. The van der Waals surface area contributed by atoms with E-state index >= 15 is 0 Å². The molecule has 0 heterocycles. The molecule has 26 heavy (non-hydrogen) atoms. The van der Waals surface area contributed by atoms with Gasteiger partial charge in [-0.05, 0) is 55.8 Å². The summed E-state index contributed by atoms with van der Waals surface area (Å²) < 4.78 is 5.41. The second-order valence-electron chi connectivity index (χ2n) is 6.96. The number of phenolic OH excluding ortho intramolecular Hbond substituents is 1. The molecule has 4 heteroatoms. The summed E-state index contributed by atoms with van der Waals surface area (Å²) in [5.41, 5.74) is 3.08. The highest BCUT2D eigenvalue weighted by atomic mass is 31.1. The zero-order valence-electron chi connectivity index (χ0n) is 16.5. The summed E-state index contributed by atoms with van der Waals surface area (Å²) in [5, 5.41) is 21.9.